The van der Waals surface area contributed by atoms with Crippen molar-refractivity contribution in [2.45, 2.75) is 13.5 Å². The van der Waals surface area contributed by atoms with Crippen LogP contribution in [0.2, 0.25) is 5.02 Å². The van der Waals surface area contributed by atoms with Crippen LogP contribution < -0.4 is 10.5 Å². The molecule has 3 aromatic rings. The van der Waals surface area contributed by atoms with Gasteiger partial charge in [-0.25, -0.2) is 4.98 Å². The van der Waals surface area contributed by atoms with E-state index in [1.807, 2.05) is 7.05 Å². The monoisotopic (exact) mass is 313 g/mol. The Morgan fingerprint density at radius 2 is 1.91 bits per heavy atom. The Hall–Kier alpha value is -2.33. The third-order valence-electron chi connectivity index (χ3n) is 3.55. The van der Waals surface area contributed by atoms with Gasteiger partial charge in [0.15, 0.2) is 0 Å². The van der Waals surface area contributed by atoms with E-state index in [0.29, 0.717) is 17.2 Å². The van der Waals surface area contributed by atoms with Crippen molar-refractivity contribution >= 4 is 22.9 Å². The summed E-state index contributed by atoms with van der Waals surface area (Å²) in [6, 6.07) is 13.3. The highest BCUT2D eigenvalue weighted by atomic mass is 35.5. The predicted octanol–water partition coefficient (Wildman–Crippen LogP) is 3.29. The summed E-state index contributed by atoms with van der Waals surface area (Å²) >= 11 is 5.91. The van der Waals surface area contributed by atoms with Crippen molar-refractivity contribution in [3.05, 3.63) is 75.3 Å². The number of halogens is 1. The average molecular weight is 314 g/mol. The zero-order valence-corrected chi connectivity index (χ0v) is 13.2. The van der Waals surface area contributed by atoms with Gasteiger partial charge in [-0.15, -0.1) is 0 Å². The number of aromatic nitrogens is 2. The van der Waals surface area contributed by atoms with E-state index in [2.05, 4.69) is 41.1 Å². The van der Waals surface area contributed by atoms with E-state index in [-0.39, 0.29) is 5.56 Å². The van der Waals surface area contributed by atoms with E-state index < -0.39 is 0 Å². The minimum Gasteiger partial charge on any atom is -0.369 e. The first kappa shape index (κ1) is 14.6. The largest absolute Gasteiger partial charge is 0.369 e. The second kappa shape index (κ2) is 5.81. The lowest BCUT2D eigenvalue weighted by Gasteiger charge is -2.19. The first-order valence-corrected chi connectivity index (χ1v) is 7.36. The Kier molecular flexibility index (Phi) is 3.86. The van der Waals surface area contributed by atoms with Gasteiger partial charge >= 0.3 is 0 Å². The normalized spacial score (nSPS) is 10.9. The Labute approximate surface area is 133 Å². The molecule has 0 atom stereocenters. The molecule has 0 saturated carbocycles. The van der Waals surface area contributed by atoms with E-state index in [1.165, 1.54) is 9.96 Å². The van der Waals surface area contributed by atoms with E-state index in [9.17, 15) is 4.79 Å². The summed E-state index contributed by atoms with van der Waals surface area (Å²) < 4.78 is 1.46. The maximum Gasteiger partial charge on any atom is 0.258 e. The van der Waals surface area contributed by atoms with Gasteiger partial charge in [0.25, 0.3) is 5.56 Å². The lowest BCUT2D eigenvalue weighted by atomic mass is 10.2. The predicted molar refractivity (Wildman–Crippen MR) is 89.8 cm³/mol. The molecule has 0 spiro atoms. The number of hydrogen-bond donors (Lipinski definition) is 0. The number of anilines is 1. The summed E-state index contributed by atoms with van der Waals surface area (Å²) in [7, 11) is 1.98. The smallest absolute Gasteiger partial charge is 0.258 e. The molecule has 22 heavy (non-hydrogen) atoms. The maximum absolute atomic E-state index is 12.2. The Bertz CT molecular complexity index is 871. The Morgan fingerprint density at radius 1 is 1.18 bits per heavy atom. The van der Waals surface area contributed by atoms with Gasteiger partial charge in [0, 0.05) is 25.0 Å². The molecule has 0 unspecified atom stereocenters. The van der Waals surface area contributed by atoms with Crippen LogP contribution in [0.25, 0.3) is 5.65 Å². The summed E-state index contributed by atoms with van der Waals surface area (Å²) in [5.74, 6) is 0. The number of nitrogens with zero attached hydrogens (tertiary/aromatic N) is 3. The van der Waals surface area contributed by atoms with E-state index >= 15 is 0 Å². The highest BCUT2D eigenvalue weighted by Gasteiger charge is 2.07. The summed E-state index contributed by atoms with van der Waals surface area (Å²) in [6.45, 7) is 2.62. The van der Waals surface area contributed by atoms with Crippen LogP contribution in [0, 0.1) is 6.92 Å². The molecule has 0 amide bonds. The van der Waals surface area contributed by atoms with Crippen molar-refractivity contribution in [3.63, 3.8) is 0 Å². The zero-order valence-electron chi connectivity index (χ0n) is 12.5. The van der Waals surface area contributed by atoms with Gasteiger partial charge in [0.05, 0.1) is 17.3 Å². The summed E-state index contributed by atoms with van der Waals surface area (Å²) in [4.78, 5) is 18.7. The molecule has 1 aromatic carbocycles. The Morgan fingerprint density at radius 3 is 2.64 bits per heavy atom. The van der Waals surface area contributed by atoms with Crippen molar-refractivity contribution in [1.29, 1.82) is 0 Å². The number of fused-ring (bicyclic) bond motifs is 1. The van der Waals surface area contributed by atoms with Crippen molar-refractivity contribution in [3.8, 4) is 0 Å². The molecule has 2 aromatic heterocycles. The molecule has 3 rings (SSSR count). The highest BCUT2D eigenvalue weighted by molar-refractivity contribution is 6.30. The van der Waals surface area contributed by atoms with Crippen molar-refractivity contribution in [2.24, 2.45) is 0 Å². The lowest BCUT2D eigenvalue weighted by Crippen LogP contribution is -2.21. The van der Waals surface area contributed by atoms with Crippen molar-refractivity contribution in [1.82, 2.24) is 9.38 Å². The second-order valence-electron chi connectivity index (χ2n) is 5.35. The average Bonchev–Trinajstić information content (AvgIpc) is 2.49. The molecule has 0 N–H and O–H groups in total. The van der Waals surface area contributed by atoms with Crippen LogP contribution in [0.3, 0.4) is 0 Å². The fourth-order valence-electron chi connectivity index (χ4n) is 2.34. The van der Waals surface area contributed by atoms with Gasteiger partial charge in [-0.1, -0.05) is 29.3 Å². The number of aryl methyl sites for hydroxylation is 1. The van der Waals surface area contributed by atoms with Crippen LogP contribution in [0.15, 0.2) is 53.5 Å². The van der Waals surface area contributed by atoms with Crippen LogP contribution >= 0.6 is 11.6 Å². The number of hydrogen-bond acceptors (Lipinski definition) is 3. The van der Waals surface area contributed by atoms with Gasteiger partial charge in [-0.05, 0) is 31.2 Å². The minimum atomic E-state index is -0.125. The minimum absolute atomic E-state index is 0.125. The van der Waals surface area contributed by atoms with Crippen LogP contribution in [0.4, 0.5) is 5.69 Å². The lowest BCUT2D eigenvalue weighted by molar-refractivity contribution is 0.870. The quantitative estimate of drug-likeness (QED) is 0.744. The van der Waals surface area contributed by atoms with Gasteiger partial charge < -0.3 is 4.90 Å². The summed E-state index contributed by atoms with van der Waals surface area (Å²) in [5, 5.41) is 0.515. The van der Waals surface area contributed by atoms with E-state index in [0.717, 1.165) is 11.4 Å². The molecule has 5 heteroatoms. The van der Waals surface area contributed by atoms with Crippen LogP contribution in [0.1, 0.15) is 11.3 Å². The molecular weight excluding hydrogens is 298 g/mol. The molecule has 0 aliphatic carbocycles. The SMILES string of the molecule is Cc1ccc(N(C)Cc2cc(=O)n3cc(Cl)ccc3n2)cc1. The second-order valence-corrected chi connectivity index (χ2v) is 5.79. The molecule has 0 aliphatic heterocycles. The van der Waals surface area contributed by atoms with E-state index in [4.69, 9.17) is 11.6 Å². The molecule has 0 aliphatic rings. The highest BCUT2D eigenvalue weighted by Crippen LogP contribution is 2.15. The first-order chi connectivity index (χ1) is 10.5. The molecule has 0 radical (unpaired) electrons. The van der Waals surface area contributed by atoms with Gasteiger partial charge in [-0.2, -0.15) is 0 Å². The number of benzene rings is 1. The maximum atomic E-state index is 12.2. The van der Waals surface area contributed by atoms with Crippen LogP contribution in [-0.4, -0.2) is 16.4 Å². The first-order valence-electron chi connectivity index (χ1n) is 6.98. The Balaban J connectivity index is 1.92. The number of rotatable bonds is 3. The summed E-state index contributed by atoms with van der Waals surface area (Å²) in [5.41, 5.74) is 3.51. The molecule has 0 fully saturated rings. The van der Waals surface area contributed by atoms with Gasteiger partial charge in [-0.3, -0.25) is 9.20 Å². The van der Waals surface area contributed by atoms with Crippen LogP contribution in [-0.2, 0) is 6.54 Å². The summed E-state index contributed by atoms with van der Waals surface area (Å²) in [6.07, 6.45) is 1.58. The molecule has 2 heterocycles. The van der Waals surface area contributed by atoms with Gasteiger partial charge in [0.2, 0.25) is 0 Å². The van der Waals surface area contributed by atoms with Crippen molar-refractivity contribution in [2.75, 3.05) is 11.9 Å². The molecule has 4 nitrogen and oxygen atoms in total. The molecule has 0 saturated heterocycles. The topological polar surface area (TPSA) is 37.6 Å². The standard InChI is InChI=1S/C17H16ClN3O/c1-12-3-6-15(7-4-12)20(2)11-14-9-17(22)21-10-13(18)5-8-16(21)19-14/h3-10H,11H2,1-2H3. The van der Waals surface area contributed by atoms with E-state index in [1.54, 1.807) is 24.4 Å². The fraction of sp³-hybridized carbons (Fsp3) is 0.176. The van der Waals surface area contributed by atoms with Crippen LogP contribution in [0.5, 0.6) is 0 Å². The zero-order chi connectivity index (χ0) is 15.7. The molecule has 112 valence electrons. The molecular formula is C17H16ClN3O. The van der Waals surface area contributed by atoms with Gasteiger partial charge in [0.1, 0.15) is 5.65 Å². The fourth-order valence-corrected chi connectivity index (χ4v) is 2.50. The third-order valence-corrected chi connectivity index (χ3v) is 3.77. The number of pyridine rings is 1. The molecule has 0 bridgehead atoms. The van der Waals surface area contributed by atoms with Crippen molar-refractivity contribution < 1.29 is 0 Å². The third kappa shape index (κ3) is 2.97.